The lowest BCUT2D eigenvalue weighted by Crippen LogP contribution is -2.32. The van der Waals surface area contributed by atoms with Gasteiger partial charge >= 0.3 is 0 Å². The second kappa shape index (κ2) is 7.76. The Labute approximate surface area is 162 Å². The Morgan fingerprint density at radius 1 is 1.11 bits per heavy atom. The van der Waals surface area contributed by atoms with E-state index in [2.05, 4.69) is 36.2 Å². The van der Waals surface area contributed by atoms with Crippen LogP contribution >= 0.6 is 11.3 Å². The summed E-state index contributed by atoms with van der Waals surface area (Å²) in [5, 5.41) is 0. The predicted molar refractivity (Wildman–Crippen MR) is 109 cm³/mol. The average Bonchev–Trinajstić information content (AvgIpc) is 3.33. The van der Waals surface area contributed by atoms with Crippen LogP contribution in [0.3, 0.4) is 0 Å². The third-order valence-electron chi connectivity index (χ3n) is 4.58. The molecular formula is C22H21N3OS. The number of pyridine rings is 1. The van der Waals surface area contributed by atoms with Crippen molar-refractivity contribution >= 4 is 22.9 Å². The lowest BCUT2D eigenvalue weighted by atomic mass is 10.1. The van der Waals surface area contributed by atoms with Gasteiger partial charge in [-0.1, -0.05) is 30.3 Å². The number of carbonyl (C=O) groups excluding carboxylic acids is 1. The lowest BCUT2D eigenvalue weighted by Gasteiger charge is -2.22. The second-order valence-electron chi connectivity index (χ2n) is 6.59. The maximum absolute atomic E-state index is 13.2. The first-order chi connectivity index (χ1) is 13.2. The number of imidazole rings is 1. The molecule has 0 saturated carbocycles. The molecule has 1 amide bonds. The van der Waals surface area contributed by atoms with Gasteiger partial charge < -0.3 is 9.30 Å². The number of aromatic nitrogens is 2. The summed E-state index contributed by atoms with van der Waals surface area (Å²) in [6, 6.07) is 18.3. The van der Waals surface area contributed by atoms with Crippen LogP contribution in [0, 0.1) is 6.92 Å². The molecular weight excluding hydrogens is 354 g/mol. The Kier molecular flexibility index (Phi) is 5.03. The largest absolute Gasteiger partial charge is 0.333 e. The first-order valence-electron chi connectivity index (χ1n) is 9.00. The number of thiophene rings is 1. The van der Waals surface area contributed by atoms with E-state index < -0.39 is 0 Å². The molecule has 0 aliphatic rings. The fourth-order valence-corrected chi connectivity index (χ4v) is 4.05. The number of nitrogens with zero attached hydrogens (tertiary/aromatic N) is 3. The number of carbonyl (C=O) groups is 1. The van der Waals surface area contributed by atoms with E-state index in [0.717, 1.165) is 12.1 Å². The van der Waals surface area contributed by atoms with Crippen molar-refractivity contribution in [3.63, 3.8) is 0 Å². The topological polar surface area (TPSA) is 37.6 Å². The molecule has 4 rings (SSSR count). The van der Waals surface area contributed by atoms with Crippen molar-refractivity contribution in [1.82, 2.24) is 14.3 Å². The molecule has 27 heavy (non-hydrogen) atoms. The molecule has 0 spiro atoms. The van der Waals surface area contributed by atoms with E-state index in [1.807, 2.05) is 52.0 Å². The van der Waals surface area contributed by atoms with Gasteiger partial charge in [-0.05, 0) is 43.2 Å². The molecule has 136 valence electrons. The van der Waals surface area contributed by atoms with Crippen molar-refractivity contribution in [3.8, 4) is 0 Å². The van der Waals surface area contributed by atoms with Crippen LogP contribution in [0.1, 0.15) is 25.7 Å². The monoisotopic (exact) mass is 375 g/mol. The van der Waals surface area contributed by atoms with Crippen molar-refractivity contribution in [2.75, 3.05) is 6.54 Å². The highest BCUT2D eigenvalue weighted by Gasteiger charge is 2.17. The molecule has 5 heteroatoms. The molecule has 0 atom stereocenters. The minimum absolute atomic E-state index is 0.0487. The summed E-state index contributed by atoms with van der Waals surface area (Å²) in [4.78, 5) is 21.9. The zero-order valence-electron chi connectivity index (χ0n) is 15.2. The summed E-state index contributed by atoms with van der Waals surface area (Å²) < 4.78 is 1.89. The van der Waals surface area contributed by atoms with Crippen molar-refractivity contribution in [1.29, 1.82) is 0 Å². The normalized spacial score (nSPS) is 11.0. The van der Waals surface area contributed by atoms with Crippen LogP contribution in [0.15, 0.2) is 73.2 Å². The standard InChI is InChI=1S/C22H21N3OS/c1-17-7-9-20(27-17)16-25(13-11-18-5-3-2-4-6-18)22(26)19-8-10-21-23-12-14-24(21)15-19/h2-10,12,14-15H,11,13,16H2,1H3. The maximum Gasteiger partial charge on any atom is 0.255 e. The molecule has 3 heterocycles. The quantitative estimate of drug-likeness (QED) is 0.494. The fourth-order valence-electron chi connectivity index (χ4n) is 3.15. The third kappa shape index (κ3) is 4.09. The van der Waals surface area contributed by atoms with Crippen molar-refractivity contribution in [3.05, 3.63) is 94.1 Å². The number of aryl methyl sites for hydroxylation is 1. The van der Waals surface area contributed by atoms with Crippen LogP contribution < -0.4 is 0 Å². The van der Waals surface area contributed by atoms with Crippen molar-refractivity contribution in [2.45, 2.75) is 19.9 Å². The van der Waals surface area contributed by atoms with E-state index >= 15 is 0 Å². The Balaban J connectivity index is 1.57. The Bertz CT molecular complexity index is 1050. The van der Waals surface area contributed by atoms with Gasteiger partial charge in [-0.15, -0.1) is 11.3 Å². The molecule has 4 aromatic rings. The van der Waals surface area contributed by atoms with Crippen LogP contribution in [0.2, 0.25) is 0 Å². The lowest BCUT2D eigenvalue weighted by molar-refractivity contribution is 0.0746. The summed E-state index contributed by atoms with van der Waals surface area (Å²) in [5.41, 5.74) is 2.76. The molecule has 1 aromatic carbocycles. The first-order valence-corrected chi connectivity index (χ1v) is 9.82. The molecule has 0 radical (unpaired) electrons. The van der Waals surface area contributed by atoms with Gasteiger partial charge in [0, 0.05) is 34.9 Å². The highest BCUT2D eigenvalue weighted by Crippen LogP contribution is 2.19. The van der Waals surface area contributed by atoms with E-state index in [-0.39, 0.29) is 5.91 Å². The van der Waals surface area contributed by atoms with Crippen LogP contribution in [-0.4, -0.2) is 26.7 Å². The van der Waals surface area contributed by atoms with Gasteiger partial charge in [0.25, 0.3) is 5.91 Å². The average molecular weight is 375 g/mol. The number of fused-ring (bicyclic) bond motifs is 1. The Hall–Kier alpha value is -2.92. The Morgan fingerprint density at radius 2 is 1.96 bits per heavy atom. The van der Waals surface area contributed by atoms with Crippen LogP contribution in [0.4, 0.5) is 0 Å². The predicted octanol–water partition coefficient (Wildman–Crippen LogP) is 4.59. The van der Waals surface area contributed by atoms with Crippen LogP contribution in [0.25, 0.3) is 5.65 Å². The van der Waals surface area contributed by atoms with Gasteiger partial charge in [-0.2, -0.15) is 0 Å². The van der Waals surface area contributed by atoms with Crippen LogP contribution in [-0.2, 0) is 13.0 Å². The smallest absolute Gasteiger partial charge is 0.255 e. The first kappa shape index (κ1) is 17.5. The highest BCUT2D eigenvalue weighted by atomic mass is 32.1. The second-order valence-corrected chi connectivity index (χ2v) is 7.96. The SMILES string of the molecule is Cc1ccc(CN(CCc2ccccc2)C(=O)c2ccc3nccn3c2)s1. The van der Waals surface area contributed by atoms with Crippen LogP contribution in [0.5, 0.6) is 0 Å². The van der Waals surface area contributed by atoms with E-state index in [0.29, 0.717) is 18.7 Å². The molecule has 0 aliphatic carbocycles. The summed E-state index contributed by atoms with van der Waals surface area (Å²) >= 11 is 1.75. The van der Waals surface area contributed by atoms with Gasteiger partial charge in [-0.25, -0.2) is 4.98 Å². The van der Waals surface area contributed by atoms with Gasteiger partial charge in [0.05, 0.1) is 12.1 Å². The van der Waals surface area contributed by atoms with Gasteiger partial charge in [0.15, 0.2) is 0 Å². The van der Waals surface area contributed by atoms with E-state index in [1.54, 1.807) is 17.5 Å². The summed E-state index contributed by atoms with van der Waals surface area (Å²) in [7, 11) is 0. The molecule has 0 unspecified atom stereocenters. The highest BCUT2D eigenvalue weighted by molar-refractivity contribution is 7.11. The molecule has 0 bridgehead atoms. The minimum Gasteiger partial charge on any atom is -0.333 e. The minimum atomic E-state index is 0.0487. The van der Waals surface area contributed by atoms with E-state index in [1.165, 1.54) is 15.3 Å². The van der Waals surface area contributed by atoms with Gasteiger partial charge in [0.1, 0.15) is 5.65 Å². The summed E-state index contributed by atoms with van der Waals surface area (Å²) in [5.74, 6) is 0.0487. The van der Waals surface area contributed by atoms with Crippen molar-refractivity contribution in [2.24, 2.45) is 0 Å². The Morgan fingerprint density at radius 3 is 2.74 bits per heavy atom. The zero-order valence-corrected chi connectivity index (χ0v) is 16.0. The fraction of sp³-hybridized carbons (Fsp3) is 0.182. The molecule has 0 fully saturated rings. The zero-order chi connectivity index (χ0) is 18.6. The van der Waals surface area contributed by atoms with E-state index in [9.17, 15) is 4.79 Å². The number of amides is 1. The number of hydrogen-bond donors (Lipinski definition) is 0. The number of hydrogen-bond acceptors (Lipinski definition) is 3. The molecule has 0 saturated heterocycles. The van der Waals surface area contributed by atoms with E-state index in [4.69, 9.17) is 0 Å². The molecule has 0 N–H and O–H groups in total. The van der Waals surface area contributed by atoms with Gasteiger partial charge in [-0.3, -0.25) is 4.79 Å². The molecule has 4 nitrogen and oxygen atoms in total. The summed E-state index contributed by atoms with van der Waals surface area (Å²) in [6.45, 7) is 3.41. The number of rotatable bonds is 6. The third-order valence-corrected chi connectivity index (χ3v) is 5.56. The molecule has 0 aliphatic heterocycles. The molecule has 3 aromatic heterocycles. The summed E-state index contributed by atoms with van der Waals surface area (Å²) in [6.07, 6.45) is 6.30. The van der Waals surface area contributed by atoms with Crippen molar-refractivity contribution < 1.29 is 4.79 Å². The van der Waals surface area contributed by atoms with Gasteiger partial charge in [0.2, 0.25) is 0 Å². The maximum atomic E-state index is 13.2. The number of benzene rings is 1.